The second-order valence-electron chi connectivity index (χ2n) is 7.11. The minimum absolute atomic E-state index is 0.0500. The lowest BCUT2D eigenvalue weighted by molar-refractivity contribution is -0.173. The molecule has 0 radical (unpaired) electrons. The summed E-state index contributed by atoms with van der Waals surface area (Å²) in [6.45, 7) is 0.940. The largest absolute Gasteiger partial charge is 0.493 e. The molecule has 3 rings (SSSR count). The van der Waals surface area contributed by atoms with Crippen molar-refractivity contribution < 1.29 is 41.7 Å². The standard InChI is InChI=1S/C20H22F3N3O6/c1-10-5-16(20(21,22)23)26-17(24-10)8-12(25-26)19(28)32-9-13(27)11-6-14(29-2)18(31-4)15(7-11)30-3/h6-8,10,16,24H,5,9H2,1-4H3/t10-,16+/m1/s1. The van der Waals surface area contributed by atoms with Crippen LogP contribution in [0.4, 0.5) is 19.0 Å². The van der Waals surface area contributed by atoms with Crippen LogP contribution in [0.1, 0.15) is 40.2 Å². The summed E-state index contributed by atoms with van der Waals surface area (Å²) >= 11 is 0. The average Bonchev–Trinajstić information content (AvgIpc) is 3.18. The maximum atomic E-state index is 13.3. The summed E-state index contributed by atoms with van der Waals surface area (Å²) in [5.74, 6) is -0.796. The number of esters is 1. The molecule has 0 spiro atoms. The van der Waals surface area contributed by atoms with E-state index in [1.54, 1.807) is 6.92 Å². The molecule has 1 N–H and O–H groups in total. The van der Waals surface area contributed by atoms with Crippen LogP contribution in [-0.4, -0.2) is 61.7 Å². The van der Waals surface area contributed by atoms with Gasteiger partial charge in [-0.1, -0.05) is 0 Å². The number of benzene rings is 1. The molecule has 32 heavy (non-hydrogen) atoms. The fourth-order valence-corrected chi connectivity index (χ4v) is 3.39. The van der Waals surface area contributed by atoms with E-state index in [4.69, 9.17) is 18.9 Å². The Morgan fingerprint density at radius 1 is 1.12 bits per heavy atom. The summed E-state index contributed by atoms with van der Waals surface area (Å²) in [7, 11) is 4.18. The van der Waals surface area contributed by atoms with Crippen molar-refractivity contribution in [2.45, 2.75) is 31.6 Å². The molecule has 2 atom stereocenters. The molecule has 9 nitrogen and oxygen atoms in total. The molecule has 12 heteroatoms. The van der Waals surface area contributed by atoms with Crippen LogP contribution in [0.15, 0.2) is 18.2 Å². The minimum atomic E-state index is -4.53. The van der Waals surface area contributed by atoms with Crippen LogP contribution < -0.4 is 19.5 Å². The van der Waals surface area contributed by atoms with Crippen molar-refractivity contribution in [2.75, 3.05) is 33.3 Å². The molecule has 0 fully saturated rings. The number of rotatable bonds is 7. The van der Waals surface area contributed by atoms with Crippen molar-refractivity contribution in [3.05, 3.63) is 29.5 Å². The molecule has 0 saturated carbocycles. The van der Waals surface area contributed by atoms with E-state index in [0.29, 0.717) is 0 Å². The number of fused-ring (bicyclic) bond motifs is 1. The van der Waals surface area contributed by atoms with Crippen LogP contribution in [0, 0.1) is 0 Å². The first kappa shape index (κ1) is 23.2. The van der Waals surface area contributed by atoms with E-state index in [1.165, 1.54) is 39.5 Å². The number of carbonyl (C=O) groups is 2. The Morgan fingerprint density at radius 3 is 2.28 bits per heavy atom. The van der Waals surface area contributed by atoms with Crippen LogP contribution in [0.3, 0.4) is 0 Å². The van der Waals surface area contributed by atoms with Crippen molar-refractivity contribution >= 4 is 17.6 Å². The molecule has 1 aromatic carbocycles. The monoisotopic (exact) mass is 457 g/mol. The normalized spacial score (nSPS) is 17.7. The molecule has 174 valence electrons. The summed E-state index contributed by atoms with van der Waals surface area (Å²) in [6, 6.07) is 1.63. The molecule has 2 heterocycles. The number of halogens is 3. The second kappa shape index (κ2) is 8.97. The zero-order valence-corrected chi connectivity index (χ0v) is 17.8. The van der Waals surface area contributed by atoms with Gasteiger partial charge >= 0.3 is 12.1 Å². The average molecular weight is 457 g/mol. The Balaban J connectivity index is 1.75. The predicted molar refractivity (Wildman–Crippen MR) is 106 cm³/mol. The number of carbonyl (C=O) groups excluding carboxylic acids is 2. The first-order chi connectivity index (χ1) is 15.1. The molecule has 0 aliphatic carbocycles. The first-order valence-electron chi connectivity index (χ1n) is 9.52. The van der Waals surface area contributed by atoms with Gasteiger partial charge in [-0.05, 0) is 25.5 Å². The molecular formula is C20H22F3N3O6. The lowest BCUT2D eigenvalue weighted by Crippen LogP contribution is -2.37. The highest BCUT2D eigenvalue weighted by molar-refractivity contribution is 6.00. The highest BCUT2D eigenvalue weighted by atomic mass is 19.4. The molecule has 1 aliphatic rings. The molecule has 1 aromatic heterocycles. The number of Topliss-reactive ketones (excluding diaryl/α,β-unsaturated/α-hetero) is 1. The zero-order chi connectivity index (χ0) is 23.6. The summed E-state index contributed by atoms with van der Waals surface area (Å²) in [4.78, 5) is 24.9. The number of hydrogen-bond donors (Lipinski definition) is 1. The van der Waals surface area contributed by atoms with E-state index in [0.717, 1.165) is 4.68 Å². The molecule has 0 bridgehead atoms. The molecule has 0 unspecified atom stereocenters. The highest BCUT2D eigenvalue weighted by Gasteiger charge is 2.45. The molecule has 0 amide bonds. The summed E-state index contributed by atoms with van der Waals surface area (Å²) in [5.41, 5.74) is -0.211. The van der Waals surface area contributed by atoms with E-state index in [9.17, 15) is 22.8 Å². The Labute approximate surface area is 181 Å². The maximum Gasteiger partial charge on any atom is 0.410 e. The summed E-state index contributed by atoms with van der Waals surface area (Å²) < 4.78 is 61.3. The molecule has 2 aromatic rings. The van der Waals surface area contributed by atoms with E-state index in [-0.39, 0.29) is 40.7 Å². The van der Waals surface area contributed by atoms with Gasteiger partial charge in [-0.15, -0.1) is 0 Å². The number of anilines is 1. The number of ether oxygens (including phenoxy) is 4. The van der Waals surface area contributed by atoms with Crippen molar-refractivity contribution in [1.82, 2.24) is 9.78 Å². The molecule has 0 saturated heterocycles. The van der Waals surface area contributed by atoms with E-state index in [1.807, 2.05) is 0 Å². The Morgan fingerprint density at radius 2 is 1.75 bits per heavy atom. The fraction of sp³-hybridized carbons (Fsp3) is 0.450. The van der Waals surface area contributed by atoms with Gasteiger partial charge in [0, 0.05) is 17.7 Å². The number of hydrogen-bond acceptors (Lipinski definition) is 8. The summed E-state index contributed by atoms with van der Waals surface area (Å²) in [5, 5.41) is 6.60. The van der Waals surface area contributed by atoms with Gasteiger partial charge in [-0.25, -0.2) is 9.48 Å². The lowest BCUT2D eigenvalue weighted by Gasteiger charge is -2.31. The summed E-state index contributed by atoms with van der Waals surface area (Å²) in [6.07, 6.45) is -4.76. The highest BCUT2D eigenvalue weighted by Crippen LogP contribution is 2.40. The SMILES string of the molecule is COc1cc(C(=O)COC(=O)c2cc3n(n2)[C@H](C(F)(F)F)C[C@@H](C)N3)cc(OC)c1OC. The van der Waals surface area contributed by atoms with E-state index in [2.05, 4.69) is 10.4 Å². The number of alkyl halides is 3. The topological polar surface area (TPSA) is 101 Å². The van der Waals surface area contributed by atoms with E-state index >= 15 is 0 Å². The Kier molecular flexibility index (Phi) is 6.51. The first-order valence-corrected chi connectivity index (χ1v) is 9.52. The Hall–Kier alpha value is -3.44. The third-order valence-corrected chi connectivity index (χ3v) is 4.91. The molecular weight excluding hydrogens is 435 g/mol. The van der Waals surface area contributed by atoms with Gasteiger partial charge in [0.15, 0.2) is 29.8 Å². The fourth-order valence-electron chi connectivity index (χ4n) is 3.39. The van der Waals surface area contributed by atoms with Crippen molar-refractivity contribution in [1.29, 1.82) is 0 Å². The smallest absolute Gasteiger partial charge is 0.410 e. The third-order valence-electron chi connectivity index (χ3n) is 4.91. The number of methoxy groups -OCH3 is 3. The van der Waals surface area contributed by atoms with Gasteiger partial charge < -0.3 is 24.3 Å². The number of nitrogens with one attached hydrogen (secondary N) is 1. The van der Waals surface area contributed by atoms with Crippen LogP contribution >= 0.6 is 0 Å². The third kappa shape index (κ3) is 4.58. The van der Waals surface area contributed by atoms with Crippen LogP contribution in [-0.2, 0) is 4.74 Å². The number of nitrogens with zero attached hydrogens (tertiary/aromatic N) is 2. The maximum absolute atomic E-state index is 13.3. The Bertz CT molecular complexity index is 995. The van der Waals surface area contributed by atoms with Crippen molar-refractivity contribution in [2.24, 2.45) is 0 Å². The second-order valence-corrected chi connectivity index (χ2v) is 7.11. The van der Waals surface area contributed by atoms with Gasteiger partial charge in [0.25, 0.3) is 0 Å². The minimum Gasteiger partial charge on any atom is -0.493 e. The van der Waals surface area contributed by atoms with Crippen LogP contribution in [0.5, 0.6) is 17.2 Å². The number of aromatic nitrogens is 2. The van der Waals surface area contributed by atoms with Crippen molar-refractivity contribution in [3.63, 3.8) is 0 Å². The van der Waals surface area contributed by atoms with Gasteiger partial charge in [0.05, 0.1) is 21.3 Å². The van der Waals surface area contributed by atoms with Gasteiger partial charge in [-0.2, -0.15) is 18.3 Å². The van der Waals surface area contributed by atoms with Crippen molar-refractivity contribution in [3.8, 4) is 17.2 Å². The van der Waals surface area contributed by atoms with Crippen LogP contribution in [0.25, 0.3) is 0 Å². The quantitative estimate of drug-likeness (QED) is 0.500. The van der Waals surface area contributed by atoms with Gasteiger partial charge in [0.2, 0.25) is 11.5 Å². The predicted octanol–water partition coefficient (Wildman–Crippen LogP) is 3.26. The zero-order valence-electron chi connectivity index (χ0n) is 17.8. The van der Waals surface area contributed by atoms with Gasteiger partial charge in [-0.3, -0.25) is 4.79 Å². The van der Waals surface area contributed by atoms with E-state index < -0.39 is 36.6 Å². The molecule has 1 aliphatic heterocycles. The van der Waals surface area contributed by atoms with Gasteiger partial charge in [0.1, 0.15) is 5.82 Å². The van der Waals surface area contributed by atoms with Crippen LogP contribution in [0.2, 0.25) is 0 Å². The number of ketones is 1. The lowest BCUT2D eigenvalue weighted by atomic mass is 10.1.